The smallest absolute Gasteiger partial charge is 0.280 e. The highest BCUT2D eigenvalue weighted by Crippen LogP contribution is 2.18. The predicted molar refractivity (Wildman–Crippen MR) is 53.8 cm³/mol. The van der Waals surface area contributed by atoms with Crippen molar-refractivity contribution in [3.8, 4) is 0 Å². The van der Waals surface area contributed by atoms with Gasteiger partial charge in [0.05, 0.1) is 16.6 Å². The summed E-state index contributed by atoms with van der Waals surface area (Å²) in [7, 11) is 0. The van der Waals surface area contributed by atoms with Gasteiger partial charge in [-0.2, -0.15) is 0 Å². The van der Waals surface area contributed by atoms with Crippen LogP contribution in [0.5, 0.6) is 0 Å². The summed E-state index contributed by atoms with van der Waals surface area (Å²) in [5.74, 6) is -0.253. The number of nitrogens with one attached hydrogen (secondary N) is 1. The molecule has 0 saturated heterocycles. The summed E-state index contributed by atoms with van der Waals surface area (Å²) in [5, 5.41) is 11.7. The molecule has 1 amide bonds. The molecule has 1 aromatic heterocycles. The van der Waals surface area contributed by atoms with Crippen LogP contribution in [0.25, 0.3) is 0 Å². The van der Waals surface area contributed by atoms with Crippen LogP contribution >= 0.6 is 27.3 Å². The summed E-state index contributed by atoms with van der Waals surface area (Å²) < 4.78 is 0.814. The highest BCUT2D eigenvalue weighted by molar-refractivity contribution is 9.11. The predicted octanol–water partition coefficient (Wildman–Crippen LogP) is 1.02. The second-order valence-electron chi connectivity index (χ2n) is 2.53. The van der Waals surface area contributed by atoms with E-state index >= 15 is 0 Å². The standard InChI is InChI=1S/C7H9BrN2O2S/c1-4(3-11)10-6(12)7-9-2-5(8)13-7/h2,4,11H,3H2,1H3,(H,10,12). The van der Waals surface area contributed by atoms with Gasteiger partial charge >= 0.3 is 0 Å². The van der Waals surface area contributed by atoms with Gasteiger partial charge in [-0.1, -0.05) is 0 Å². The molecule has 0 spiro atoms. The van der Waals surface area contributed by atoms with E-state index in [9.17, 15) is 4.79 Å². The molecule has 1 aromatic rings. The molecule has 0 aromatic carbocycles. The molecule has 1 atom stereocenters. The van der Waals surface area contributed by atoms with Crippen LogP contribution in [0, 0.1) is 0 Å². The van der Waals surface area contributed by atoms with E-state index in [-0.39, 0.29) is 18.6 Å². The van der Waals surface area contributed by atoms with Crippen LogP contribution in [0.3, 0.4) is 0 Å². The van der Waals surface area contributed by atoms with E-state index in [4.69, 9.17) is 5.11 Å². The van der Waals surface area contributed by atoms with Gasteiger partial charge in [-0.25, -0.2) is 4.98 Å². The monoisotopic (exact) mass is 264 g/mol. The van der Waals surface area contributed by atoms with Crippen LogP contribution in [0.4, 0.5) is 0 Å². The summed E-state index contributed by atoms with van der Waals surface area (Å²) in [6.07, 6.45) is 1.57. The van der Waals surface area contributed by atoms with Crippen molar-refractivity contribution >= 4 is 33.2 Å². The van der Waals surface area contributed by atoms with E-state index in [0.29, 0.717) is 5.01 Å². The molecule has 0 aliphatic rings. The van der Waals surface area contributed by atoms with Crippen molar-refractivity contribution in [1.29, 1.82) is 0 Å². The van der Waals surface area contributed by atoms with Gasteiger partial charge in [-0.3, -0.25) is 4.79 Å². The second kappa shape index (κ2) is 4.69. The molecule has 0 radical (unpaired) electrons. The summed E-state index contributed by atoms with van der Waals surface area (Å²) in [6, 6.07) is -0.241. The Kier molecular flexibility index (Phi) is 3.83. The van der Waals surface area contributed by atoms with Crippen LogP contribution in [0.2, 0.25) is 0 Å². The van der Waals surface area contributed by atoms with Gasteiger partial charge in [-0.15, -0.1) is 11.3 Å². The number of aliphatic hydroxyl groups excluding tert-OH is 1. The van der Waals surface area contributed by atoms with Gasteiger partial charge in [0.1, 0.15) is 0 Å². The lowest BCUT2D eigenvalue weighted by Gasteiger charge is -2.08. The van der Waals surface area contributed by atoms with Gasteiger partial charge in [0, 0.05) is 6.04 Å². The number of halogens is 1. The number of thiazole rings is 1. The van der Waals surface area contributed by atoms with Crippen LogP contribution in [-0.4, -0.2) is 28.6 Å². The average molecular weight is 265 g/mol. The van der Waals surface area contributed by atoms with Gasteiger partial charge in [0.15, 0.2) is 5.01 Å². The maximum absolute atomic E-state index is 11.3. The lowest BCUT2D eigenvalue weighted by atomic mass is 10.3. The minimum absolute atomic E-state index is 0.0711. The van der Waals surface area contributed by atoms with E-state index in [1.807, 2.05) is 0 Å². The zero-order valence-corrected chi connectivity index (χ0v) is 9.35. The van der Waals surface area contributed by atoms with E-state index in [2.05, 4.69) is 26.2 Å². The molecular weight excluding hydrogens is 256 g/mol. The van der Waals surface area contributed by atoms with Crippen molar-refractivity contribution in [3.63, 3.8) is 0 Å². The van der Waals surface area contributed by atoms with Gasteiger partial charge < -0.3 is 10.4 Å². The zero-order chi connectivity index (χ0) is 9.84. The molecule has 6 heteroatoms. The van der Waals surface area contributed by atoms with Crippen LogP contribution < -0.4 is 5.32 Å². The normalized spacial score (nSPS) is 12.5. The number of carbonyl (C=O) groups is 1. The number of nitrogens with zero attached hydrogens (tertiary/aromatic N) is 1. The largest absolute Gasteiger partial charge is 0.394 e. The molecule has 1 rings (SSSR count). The van der Waals surface area contributed by atoms with Crippen LogP contribution in [0.15, 0.2) is 9.98 Å². The Bertz CT molecular complexity index is 302. The van der Waals surface area contributed by atoms with Crippen molar-refractivity contribution in [2.45, 2.75) is 13.0 Å². The van der Waals surface area contributed by atoms with Gasteiger partial charge in [-0.05, 0) is 22.9 Å². The number of amides is 1. The summed E-state index contributed by atoms with van der Waals surface area (Å²) >= 11 is 4.47. The van der Waals surface area contributed by atoms with Gasteiger partial charge in [0.25, 0.3) is 5.91 Å². The second-order valence-corrected chi connectivity index (χ2v) is 4.94. The molecule has 0 saturated carbocycles. The number of aliphatic hydroxyl groups is 1. The maximum Gasteiger partial charge on any atom is 0.280 e. The fourth-order valence-corrected chi connectivity index (χ4v) is 1.80. The van der Waals surface area contributed by atoms with Crippen molar-refractivity contribution in [1.82, 2.24) is 10.3 Å². The molecule has 0 fully saturated rings. The molecule has 1 heterocycles. The molecule has 0 aliphatic heterocycles. The first-order valence-electron chi connectivity index (χ1n) is 3.66. The molecule has 1 unspecified atom stereocenters. The topological polar surface area (TPSA) is 62.2 Å². The van der Waals surface area contributed by atoms with Crippen LogP contribution in [-0.2, 0) is 0 Å². The lowest BCUT2D eigenvalue weighted by Crippen LogP contribution is -2.34. The Morgan fingerprint density at radius 2 is 2.62 bits per heavy atom. The number of aromatic nitrogens is 1. The van der Waals surface area contributed by atoms with E-state index in [1.165, 1.54) is 11.3 Å². The first-order valence-corrected chi connectivity index (χ1v) is 5.27. The number of hydrogen-bond donors (Lipinski definition) is 2. The molecular formula is C7H9BrN2O2S. The van der Waals surface area contributed by atoms with Crippen molar-refractivity contribution in [2.75, 3.05) is 6.61 Å². The van der Waals surface area contributed by atoms with Crippen molar-refractivity contribution in [2.24, 2.45) is 0 Å². The first kappa shape index (κ1) is 10.6. The molecule has 2 N–H and O–H groups in total. The van der Waals surface area contributed by atoms with E-state index < -0.39 is 0 Å². The van der Waals surface area contributed by atoms with Crippen LogP contribution in [0.1, 0.15) is 16.7 Å². The first-order chi connectivity index (χ1) is 6.13. The Morgan fingerprint density at radius 3 is 3.08 bits per heavy atom. The maximum atomic E-state index is 11.3. The molecule has 0 bridgehead atoms. The third kappa shape index (κ3) is 3.06. The third-order valence-corrected chi connectivity index (χ3v) is 2.80. The minimum atomic E-state index is -0.253. The molecule has 0 aliphatic carbocycles. The quantitative estimate of drug-likeness (QED) is 0.857. The SMILES string of the molecule is CC(CO)NC(=O)c1ncc(Br)s1. The van der Waals surface area contributed by atoms with E-state index in [1.54, 1.807) is 13.1 Å². The average Bonchev–Trinajstić information content (AvgIpc) is 2.51. The molecule has 13 heavy (non-hydrogen) atoms. The highest BCUT2D eigenvalue weighted by atomic mass is 79.9. The Hall–Kier alpha value is -0.460. The summed E-state index contributed by atoms with van der Waals surface area (Å²) in [6.45, 7) is 1.65. The molecule has 4 nitrogen and oxygen atoms in total. The number of rotatable bonds is 3. The third-order valence-electron chi connectivity index (χ3n) is 1.32. The fourth-order valence-electron chi connectivity index (χ4n) is 0.691. The van der Waals surface area contributed by atoms with Crippen molar-refractivity contribution in [3.05, 3.63) is 15.0 Å². The summed E-state index contributed by atoms with van der Waals surface area (Å²) in [4.78, 5) is 15.2. The lowest BCUT2D eigenvalue weighted by molar-refractivity contribution is 0.0922. The Balaban J connectivity index is 2.58. The minimum Gasteiger partial charge on any atom is -0.394 e. The summed E-state index contributed by atoms with van der Waals surface area (Å²) in [5.41, 5.74) is 0. The Morgan fingerprint density at radius 1 is 1.92 bits per heavy atom. The van der Waals surface area contributed by atoms with Gasteiger partial charge in [0.2, 0.25) is 0 Å². The zero-order valence-electron chi connectivity index (χ0n) is 6.95. The van der Waals surface area contributed by atoms with E-state index in [0.717, 1.165) is 3.79 Å². The fraction of sp³-hybridized carbons (Fsp3) is 0.429. The van der Waals surface area contributed by atoms with Crippen molar-refractivity contribution < 1.29 is 9.90 Å². The molecule has 72 valence electrons. The Labute approximate surface area is 88.1 Å². The number of carbonyl (C=O) groups excluding carboxylic acids is 1. The highest BCUT2D eigenvalue weighted by Gasteiger charge is 2.12. The number of hydrogen-bond acceptors (Lipinski definition) is 4.